The van der Waals surface area contributed by atoms with Crippen LogP contribution in [0.2, 0.25) is 0 Å². The summed E-state index contributed by atoms with van der Waals surface area (Å²) in [5.74, 6) is 0.346. The van der Waals surface area contributed by atoms with Gasteiger partial charge in [0, 0.05) is 19.0 Å². The van der Waals surface area contributed by atoms with E-state index in [1.54, 1.807) is 19.2 Å². The number of fused-ring (bicyclic) bond motifs is 1. The fraction of sp³-hybridized carbons (Fsp3) is 0.211. The summed E-state index contributed by atoms with van der Waals surface area (Å²) in [5.41, 5.74) is 2.50. The first-order valence-electron chi connectivity index (χ1n) is 7.75. The normalized spacial score (nSPS) is 10.8. The lowest BCUT2D eigenvalue weighted by Gasteiger charge is -2.07. The smallest absolute Gasteiger partial charge is 0.267 e. The number of amides is 1. The highest BCUT2D eigenvalue weighted by Gasteiger charge is 2.15. The van der Waals surface area contributed by atoms with Crippen LogP contribution in [-0.4, -0.2) is 24.1 Å². The molecule has 0 spiro atoms. The summed E-state index contributed by atoms with van der Waals surface area (Å²) in [6, 6.07) is 13.9. The van der Waals surface area contributed by atoms with Gasteiger partial charge in [0.2, 0.25) is 0 Å². The minimum absolute atomic E-state index is 0.141. The Morgan fingerprint density at radius 3 is 2.67 bits per heavy atom. The summed E-state index contributed by atoms with van der Waals surface area (Å²) >= 11 is 0. The maximum Gasteiger partial charge on any atom is 0.267 e. The molecule has 4 nitrogen and oxygen atoms in total. The SMILES string of the molecule is COc1cccc2c1cc(C(=O)NCCc1ccc(F)cc1)n2C. The first kappa shape index (κ1) is 16.1. The maximum absolute atomic E-state index is 12.9. The molecule has 124 valence electrons. The molecule has 2 aromatic carbocycles. The average Bonchev–Trinajstić information content (AvgIpc) is 2.94. The van der Waals surface area contributed by atoms with E-state index < -0.39 is 0 Å². The molecule has 1 amide bonds. The van der Waals surface area contributed by atoms with Crippen molar-refractivity contribution in [1.29, 1.82) is 0 Å². The number of halogens is 1. The number of hydrogen-bond acceptors (Lipinski definition) is 2. The second-order valence-corrected chi connectivity index (χ2v) is 5.61. The third kappa shape index (κ3) is 3.11. The highest BCUT2D eigenvalue weighted by Crippen LogP contribution is 2.27. The standard InChI is InChI=1S/C19H19FN2O2/c1-22-16-4-3-5-18(24-2)15(16)12-17(22)19(23)21-11-10-13-6-8-14(20)9-7-13/h3-9,12H,10-11H2,1-2H3,(H,21,23). The number of ether oxygens (including phenoxy) is 1. The molecule has 24 heavy (non-hydrogen) atoms. The van der Waals surface area contributed by atoms with Gasteiger partial charge in [-0.1, -0.05) is 18.2 Å². The number of aromatic nitrogens is 1. The van der Waals surface area contributed by atoms with Gasteiger partial charge in [-0.05, 0) is 42.3 Å². The van der Waals surface area contributed by atoms with Crippen LogP contribution in [0.3, 0.4) is 0 Å². The van der Waals surface area contributed by atoms with Crippen LogP contribution in [0.25, 0.3) is 10.9 Å². The van der Waals surface area contributed by atoms with Crippen molar-refractivity contribution in [1.82, 2.24) is 9.88 Å². The minimum atomic E-state index is -0.257. The minimum Gasteiger partial charge on any atom is -0.496 e. The lowest BCUT2D eigenvalue weighted by molar-refractivity contribution is 0.0946. The molecule has 0 fully saturated rings. The van der Waals surface area contributed by atoms with E-state index in [1.807, 2.05) is 35.9 Å². The quantitative estimate of drug-likeness (QED) is 0.782. The molecule has 3 rings (SSSR count). The first-order valence-corrected chi connectivity index (χ1v) is 7.75. The Labute approximate surface area is 139 Å². The van der Waals surface area contributed by atoms with E-state index in [4.69, 9.17) is 4.74 Å². The van der Waals surface area contributed by atoms with Crippen LogP contribution in [0.1, 0.15) is 16.1 Å². The van der Waals surface area contributed by atoms with Crippen molar-refractivity contribution >= 4 is 16.8 Å². The third-order valence-corrected chi connectivity index (χ3v) is 4.11. The Balaban J connectivity index is 1.72. The fourth-order valence-corrected chi connectivity index (χ4v) is 2.79. The van der Waals surface area contributed by atoms with Crippen molar-refractivity contribution in [3.8, 4) is 5.75 Å². The maximum atomic E-state index is 12.9. The van der Waals surface area contributed by atoms with Crippen LogP contribution >= 0.6 is 0 Å². The van der Waals surface area contributed by atoms with Gasteiger partial charge in [0.25, 0.3) is 5.91 Å². The number of carbonyl (C=O) groups is 1. The summed E-state index contributed by atoms with van der Waals surface area (Å²) in [7, 11) is 3.47. The molecule has 0 radical (unpaired) electrons. The van der Waals surface area contributed by atoms with Crippen LogP contribution in [0.4, 0.5) is 4.39 Å². The van der Waals surface area contributed by atoms with Crippen LogP contribution in [0, 0.1) is 5.82 Å². The van der Waals surface area contributed by atoms with Gasteiger partial charge in [0.15, 0.2) is 0 Å². The number of nitrogens with zero attached hydrogens (tertiary/aromatic N) is 1. The van der Waals surface area contributed by atoms with Crippen LogP contribution in [-0.2, 0) is 13.5 Å². The van der Waals surface area contributed by atoms with Crippen LogP contribution in [0.5, 0.6) is 5.75 Å². The highest BCUT2D eigenvalue weighted by atomic mass is 19.1. The number of hydrogen-bond donors (Lipinski definition) is 1. The van der Waals surface area contributed by atoms with Gasteiger partial charge < -0.3 is 14.6 Å². The molecule has 0 aliphatic heterocycles. The molecule has 0 saturated carbocycles. The molecule has 0 aliphatic carbocycles. The van der Waals surface area contributed by atoms with Gasteiger partial charge in [-0.3, -0.25) is 4.79 Å². The molecule has 1 aromatic heterocycles. The van der Waals surface area contributed by atoms with E-state index in [0.29, 0.717) is 18.7 Å². The van der Waals surface area contributed by atoms with Gasteiger partial charge in [-0.25, -0.2) is 4.39 Å². The molecule has 0 atom stereocenters. The summed E-state index contributed by atoms with van der Waals surface area (Å²) in [6.07, 6.45) is 0.652. The number of rotatable bonds is 5. The molecule has 5 heteroatoms. The molecule has 3 aromatic rings. The molecule has 0 bridgehead atoms. The molecule has 0 aliphatic rings. The van der Waals surface area contributed by atoms with E-state index in [9.17, 15) is 9.18 Å². The van der Waals surface area contributed by atoms with E-state index in [0.717, 1.165) is 22.2 Å². The second kappa shape index (κ2) is 6.74. The average molecular weight is 326 g/mol. The van der Waals surface area contributed by atoms with E-state index in [1.165, 1.54) is 12.1 Å². The summed E-state index contributed by atoms with van der Waals surface area (Å²) in [5, 5.41) is 3.82. The Morgan fingerprint density at radius 2 is 1.96 bits per heavy atom. The Kier molecular flexibility index (Phi) is 4.51. The van der Waals surface area contributed by atoms with Crippen molar-refractivity contribution in [2.75, 3.05) is 13.7 Å². The zero-order valence-corrected chi connectivity index (χ0v) is 13.7. The Hall–Kier alpha value is -2.82. The second-order valence-electron chi connectivity index (χ2n) is 5.61. The molecular formula is C19H19FN2O2. The van der Waals surface area contributed by atoms with E-state index in [-0.39, 0.29) is 11.7 Å². The van der Waals surface area contributed by atoms with Crippen molar-refractivity contribution in [2.24, 2.45) is 7.05 Å². The van der Waals surface area contributed by atoms with E-state index >= 15 is 0 Å². The largest absolute Gasteiger partial charge is 0.496 e. The summed E-state index contributed by atoms with van der Waals surface area (Å²) in [4.78, 5) is 12.4. The van der Waals surface area contributed by atoms with E-state index in [2.05, 4.69) is 5.32 Å². The number of methoxy groups -OCH3 is 1. The first-order chi connectivity index (χ1) is 11.6. The van der Waals surface area contributed by atoms with Crippen molar-refractivity contribution in [3.05, 3.63) is 65.6 Å². The summed E-state index contributed by atoms with van der Waals surface area (Å²) in [6.45, 7) is 0.489. The molecular weight excluding hydrogens is 307 g/mol. The third-order valence-electron chi connectivity index (χ3n) is 4.11. The molecule has 0 saturated heterocycles. The zero-order valence-electron chi connectivity index (χ0n) is 13.7. The zero-order chi connectivity index (χ0) is 17.1. The fourth-order valence-electron chi connectivity index (χ4n) is 2.79. The topological polar surface area (TPSA) is 43.3 Å². The van der Waals surface area contributed by atoms with Gasteiger partial charge in [-0.2, -0.15) is 0 Å². The van der Waals surface area contributed by atoms with Gasteiger partial charge in [0.1, 0.15) is 17.3 Å². The Morgan fingerprint density at radius 1 is 1.21 bits per heavy atom. The van der Waals surface area contributed by atoms with Crippen molar-refractivity contribution < 1.29 is 13.9 Å². The van der Waals surface area contributed by atoms with Gasteiger partial charge in [0.05, 0.1) is 12.6 Å². The van der Waals surface area contributed by atoms with Gasteiger partial charge >= 0.3 is 0 Å². The van der Waals surface area contributed by atoms with Gasteiger partial charge in [-0.15, -0.1) is 0 Å². The number of carbonyl (C=O) groups excluding carboxylic acids is 1. The Bertz CT molecular complexity index is 869. The summed E-state index contributed by atoms with van der Waals surface area (Å²) < 4.78 is 20.1. The van der Waals surface area contributed by atoms with Crippen molar-refractivity contribution in [3.63, 3.8) is 0 Å². The number of aryl methyl sites for hydroxylation is 1. The molecule has 0 unspecified atom stereocenters. The van der Waals surface area contributed by atoms with Crippen molar-refractivity contribution in [2.45, 2.75) is 6.42 Å². The number of benzene rings is 2. The molecule has 1 N–H and O–H groups in total. The van der Waals surface area contributed by atoms with Crippen LogP contribution in [0.15, 0.2) is 48.5 Å². The monoisotopic (exact) mass is 326 g/mol. The predicted molar refractivity (Wildman–Crippen MR) is 91.9 cm³/mol. The lowest BCUT2D eigenvalue weighted by Crippen LogP contribution is -2.27. The van der Waals surface area contributed by atoms with Crippen LogP contribution < -0.4 is 10.1 Å². The lowest BCUT2D eigenvalue weighted by atomic mass is 10.1. The predicted octanol–water partition coefficient (Wildman–Crippen LogP) is 3.30. The highest BCUT2D eigenvalue weighted by molar-refractivity contribution is 6.00. The number of nitrogens with one attached hydrogen (secondary N) is 1. The molecule has 1 heterocycles.